The molecule has 1 aliphatic rings. The van der Waals surface area contributed by atoms with Crippen LogP contribution in [0.2, 0.25) is 0 Å². The van der Waals surface area contributed by atoms with Crippen LogP contribution in [0, 0.1) is 12.8 Å². The second-order valence-corrected chi connectivity index (χ2v) is 7.85. The summed E-state index contributed by atoms with van der Waals surface area (Å²) in [4.78, 5) is 14.9. The van der Waals surface area contributed by atoms with E-state index in [0.717, 1.165) is 34.6 Å². The minimum absolute atomic E-state index is 0.408. The lowest BCUT2D eigenvalue weighted by atomic mass is 10.1. The molecular weight excluding hydrogens is 406 g/mol. The minimum atomic E-state index is 0.408. The van der Waals surface area contributed by atoms with Crippen LogP contribution in [0.5, 0.6) is 11.6 Å². The van der Waals surface area contributed by atoms with Crippen molar-refractivity contribution in [3.8, 4) is 34.1 Å². The SMILES string of the molecule is COc1ccc(C2CC2COc2nc(C)ncc2-c2ccc(-c3nnn(C)n3)cc2)nc1. The second kappa shape index (κ2) is 8.33. The number of aryl methyl sites for hydroxylation is 2. The standard InChI is InChI=1S/C23H23N7O2/c1-14-24-12-20(15-4-6-16(7-5-15)22-27-29-30(2)28-22)23(26-14)32-13-17-10-19(17)21-9-8-18(31-3)11-25-21/h4-9,11-12,17,19H,10,13H2,1-3H3. The van der Waals surface area contributed by atoms with Crippen molar-refractivity contribution in [3.05, 3.63) is 60.3 Å². The van der Waals surface area contributed by atoms with E-state index < -0.39 is 0 Å². The molecule has 5 rings (SSSR count). The van der Waals surface area contributed by atoms with Crippen molar-refractivity contribution in [1.82, 2.24) is 35.2 Å². The predicted octanol–water partition coefficient (Wildman–Crippen LogP) is 3.23. The van der Waals surface area contributed by atoms with Crippen LogP contribution in [0.4, 0.5) is 0 Å². The van der Waals surface area contributed by atoms with Crippen molar-refractivity contribution < 1.29 is 9.47 Å². The van der Waals surface area contributed by atoms with Gasteiger partial charge in [0.2, 0.25) is 11.7 Å². The molecule has 1 aliphatic carbocycles. The van der Waals surface area contributed by atoms with E-state index in [9.17, 15) is 0 Å². The average Bonchev–Trinajstić information content (AvgIpc) is 3.48. The lowest BCUT2D eigenvalue weighted by Gasteiger charge is -2.11. The van der Waals surface area contributed by atoms with E-state index in [1.807, 2.05) is 49.5 Å². The van der Waals surface area contributed by atoms with Gasteiger partial charge in [-0.2, -0.15) is 9.78 Å². The summed E-state index contributed by atoms with van der Waals surface area (Å²) in [7, 11) is 3.39. The highest BCUT2D eigenvalue weighted by Crippen LogP contribution is 2.47. The molecule has 0 bridgehead atoms. The summed E-state index contributed by atoms with van der Waals surface area (Å²) < 4.78 is 11.4. The Morgan fingerprint density at radius 1 is 1.03 bits per heavy atom. The van der Waals surface area contributed by atoms with Crippen LogP contribution in [0.1, 0.15) is 23.9 Å². The van der Waals surface area contributed by atoms with Gasteiger partial charge in [0.15, 0.2) is 0 Å². The molecule has 162 valence electrons. The van der Waals surface area contributed by atoms with Crippen molar-refractivity contribution in [1.29, 1.82) is 0 Å². The van der Waals surface area contributed by atoms with E-state index in [0.29, 0.717) is 36.0 Å². The molecule has 3 aromatic heterocycles. The van der Waals surface area contributed by atoms with Crippen LogP contribution in [0.15, 0.2) is 48.8 Å². The van der Waals surface area contributed by atoms with E-state index in [4.69, 9.17) is 9.47 Å². The van der Waals surface area contributed by atoms with Gasteiger partial charge in [-0.25, -0.2) is 4.98 Å². The number of ether oxygens (including phenoxy) is 2. The zero-order valence-electron chi connectivity index (χ0n) is 18.1. The summed E-state index contributed by atoms with van der Waals surface area (Å²) in [6.07, 6.45) is 4.62. The first-order valence-corrected chi connectivity index (χ1v) is 10.4. The van der Waals surface area contributed by atoms with Gasteiger partial charge in [0.25, 0.3) is 0 Å². The Hall–Kier alpha value is -3.88. The molecule has 9 heteroatoms. The summed E-state index contributed by atoms with van der Waals surface area (Å²) in [6.45, 7) is 2.45. The number of hydrogen-bond donors (Lipinski definition) is 0. The van der Waals surface area contributed by atoms with E-state index in [1.54, 1.807) is 20.4 Å². The molecule has 0 saturated heterocycles. The van der Waals surface area contributed by atoms with E-state index >= 15 is 0 Å². The molecule has 0 radical (unpaired) electrons. The topological polar surface area (TPSA) is 101 Å². The third kappa shape index (κ3) is 4.14. The van der Waals surface area contributed by atoms with Gasteiger partial charge in [0.05, 0.1) is 32.5 Å². The number of nitrogens with zero attached hydrogens (tertiary/aromatic N) is 7. The smallest absolute Gasteiger partial charge is 0.224 e. The van der Waals surface area contributed by atoms with Crippen molar-refractivity contribution >= 4 is 0 Å². The van der Waals surface area contributed by atoms with Crippen molar-refractivity contribution in [2.75, 3.05) is 13.7 Å². The van der Waals surface area contributed by atoms with Gasteiger partial charge in [-0.1, -0.05) is 24.3 Å². The van der Waals surface area contributed by atoms with Gasteiger partial charge in [0, 0.05) is 29.3 Å². The third-order valence-corrected chi connectivity index (χ3v) is 5.57. The minimum Gasteiger partial charge on any atom is -0.495 e. The van der Waals surface area contributed by atoms with Crippen molar-refractivity contribution in [3.63, 3.8) is 0 Å². The third-order valence-electron chi connectivity index (χ3n) is 5.57. The largest absolute Gasteiger partial charge is 0.495 e. The number of tetrazole rings is 1. The average molecular weight is 429 g/mol. The summed E-state index contributed by atoms with van der Waals surface area (Å²) in [5.74, 6) is 3.45. The van der Waals surface area contributed by atoms with Gasteiger partial charge >= 0.3 is 0 Å². The van der Waals surface area contributed by atoms with Gasteiger partial charge in [-0.15, -0.1) is 10.2 Å². The Labute approximate surface area is 185 Å². The molecule has 3 heterocycles. The van der Waals surface area contributed by atoms with E-state index in [2.05, 4.69) is 30.4 Å². The quantitative estimate of drug-likeness (QED) is 0.441. The normalized spacial score (nSPS) is 17.2. The Kier molecular flexibility index (Phi) is 5.22. The molecule has 0 N–H and O–H groups in total. The zero-order valence-corrected chi connectivity index (χ0v) is 18.1. The highest BCUT2D eigenvalue weighted by atomic mass is 16.5. The summed E-state index contributed by atoms with van der Waals surface area (Å²) >= 11 is 0. The number of benzene rings is 1. The highest BCUT2D eigenvalue weighted by molar-refractivity contribution is 5.70. The summed E-state index contributed by atoms with van der Waals surface area (Å²) in [6, 6.07) is 11.9. The fourth-order valence-electron chi connectivity index (χ4n) is 3.67. The monoisotopic (exact) mass is 429 g/mol. The second-order valence-electron chi connectivity index (χ2n) is 7.85. The molecule has 0 amide bonds. The number of pyridine rings is 1. The van der Waals surface area contributed by atoms with E-state index in [1.165, 1.54) is 4.80 Å². The maximum absolute atomic E-state index is 6.17. The molecule has 1 saturated carbocycles. The molecular formula is C23H23N7O2. The summed E-state index contributed by atoms with van der Waals surface area (Å²) in [5, 5.41) is 12.2. The maximum Gasteiger partial charge on any atom is 0.224 e. The fourth-order valence-corrected chi connectivity index (χ4v) is 3.67. The Bertz CT molecular complexity index is 1220. The van der Waals surface area contributed by atoms with Crippen LogP contribution in [0.3, 0.4) is 0 Å². The van der Waals surface area contributed by atoms with Gasteiger partial charge in [-0.05, 0) is 36.3 Å². The Balaban J connectivity index is 1.29. The number of aromatic nitrogens is 7. The van der Waals surface area contributed by atoms with E-state index in [-0.39, 0.29) is 0 Å². The van der Waals surface area contributed by atoms with Gasteiger partial charge in [-0.3, -0.25) is 4.98 Å². The first-order valence-electron chi connectivity index (χ1n) is 10.4. The lowest BCUT2D eigenvalue weighted by molar-refractivity contribution is 0.285. The Morgan fingerprint density at radius 2 is 1.84 bits per heavy atom. The molecule has 32 heavy (non-hydrogen) atoms. The maximum atomic E-state index is 6.17. The van der Waals surface area contributed by atoms with Gasteiger partial charge < -0.3 is 9.47 Å². The van der Waals surface area contributed by atoms with Crippen LogP contribution in [-0.4, -0.2) is 48.9 Å². The molecule has 4 aromatic rings. The number of rotatable bonds is 7. The molecule has 0 spiro atoms. The van der Waals surface area contributed by atoms with Crippen LogP contribution < -0.4 is 9.47 Å². The van der Waals surface area contributed by atoms with Crippen LogP contribution in [0.25, 0.3) is 22.5 Å². The number of methoxy groups -OCH3 is 1. The lowest BCUT2D eigenvalue weighted by Crippen LogP contribution is -2.05. The Morgan fingerprint density at radius 3 is 2.53 bits per heavy atom. The van der Waals surface area contributed by atoms with Crippen LogP contribution >= 0.6 is 0 Å². The highest BCUT2D eigenvalue weighted by Gasteiger charge is 2.40. The molecule has 2 atom stereocenters. The van der Waals surface area contributed by atoms with Crippen LogP contribution in [-0.2, 0) is 7.05 Å². The molecule has 2 unspecified atom stereocenters. The first-order chi connectivity index (χ1) is 15.6. The number of hydrogen-bond acceptors (Lipinski definition) is 8. The first kappa shape index (κ1) is 20.0. The molecule has 9 nitrogen and oxygen atoms in total. The fraction of sp³-hybridized carbons (Fsp3) is 0.304. The zero-order chi connectivity index (χ0) is 22.1. The molecule has 1 fully saturated rings. The predicted molar refractivity (Wildman–Crippen MR) is 117 cm³/mol. The molecule has 0 aliphatic heterocycles. The van der Waals surface area contributed by atoms with Crippen molar-refractivity contribution in [2.24, 2.45) is 13.0 Å². The van der Waals surface area contributed by atoms with Gasteiger partial charge in [0.1, 0.15) is 11.6 Å². The summed E-state index contributed by atoms with van der Waals surface area (Å²) in [5.41, 5.74) is 3.79. The molecule has 1 aromatic carbocycles. The van der Waals surface area contributed by atoms with Crippen molar-refractivity contribution in [2.45, 2.75) is 19.3 Å².